The first-order chi connectivity index (χ1) is 10.8. The van der Waals surface area contributed by atoms with Crippen LogP contribution in [0.3, 0.4) is 0 Å². The summed E-state index contributed by atoms with van der Waals surface area (Å²) in [5.41, 5.74) is 2.38. The predicted molar refractivity (Wildman–Crippen MR) is 79.1 cm³/mol. The van der Waals surface area contributed by atoms with Gasteiger partial charge in [0, 0.05) is 5.92 Å². The summed E-state index contributed by atoms with van der Waals surface area (Å²) in [6.45, 7) is 4.37. The van der Waals surface area contributed by atoms with E-state index in [0.29, 0.717) is 35.6 Å². The number of aromatic nitrogens is 4. The molecule has 7 heteroatoms. The van der Waals surface area contributed by atoms with Gasteiger partial charge in [0.2, 0.25) is 11.8 Å². The smallest absolute Gasteiger partial charge is 0.235 e. The van der Waals surface area contributed by atoms with E-state index >= 15 is 0 Å². The first-order valence-electron chi connectivity index (χ1n) is 7.61. The summed E-state index contributed by atoms with van der Waals surface area (Å²) >= 11 is 0. The molecule has 0 spiro atoms. The van der Waals surface area contributed by atoms with E-state index in [-0.39, 0.29) is 0 Å². The van der Waals surface area contributed by atoms with Gasteiger partial charge in [-0.05, 0) is 31.2 Å². The fourth-order valence-corrected chi connectivity index (χ4v) is 2.41. The summed E-state index contributed by atoms with van der Waals surface area (Å²) in [5.74, 6) is 2.12. The quantitative estimate of drug-likeness (QED) is 0.873. The fraction of sp³-hybridized carbons (Fsp3) is 0.533. The largest absolute Gasteiger partial charge is 0.423 e. The van der Waals surface area contributed by atoms with E-state index in [1.165, 1.54) is 0 Å². The molecule has 0 aromatic carbocycles. The lowest BCUT2D eigenvalue weighted by atomic mass is 10.0. The lowest BCUT2D eigenvalue weighted by molar-refractivity contribution is 0.456. The Morgan fingerprint density at radius 1 is 1.18 bits per heavy atom. The van der Waals surface area contributed by atoms with Crippen molar-refractivity contribution in [2.75, 3.05) is 5.32 Å². The van der Waals surface area contributed by atoms with Crippen molar-refractivity contribution in [3.05, 3.63) is 28.6 Å². The maximum atomic E-state index is 9.42. The molecule has 0 radical (unpaired) electrons. The molecule has 0 unspecified atom stereocenters. The lowest BCUT2D eigenvalue weighted by Crippen LogP contribution is -2.10. The van der Waals surface area contributed by atoms with Crippen LogP contribution in [0.25, 0.3) is 0 Å². The minimum absolute atomic E-state index is 0.345. The summed E-state index contributed by atoms with van der Waals surface area (Å²) in [7, 11) is 0. The number of aryl methyl sites for hydroxylation is 1. The molecule has 1 fully saturated rings. The molecule has 0 atom stereocenters. The number of anilines is 1. The molecule has 114 valence electrons. The van der Waals surface area contributed by atoms with Gasteiger partial charge in [-0.3, -0.25) is 0 Å². The molecule has 1 saturated carbocycles. The highest BCUT2D eigenvalue weighted by molar-refractivity contribution is 5.56. The zero-order chi connectivity index (χ0) is 15.5. The first kappa shape index (κ1) is 14.4. The van der Waals surface area contributed by atoms with Crippen molar-refractivity contribution in [3.63, 3.8) is 0 Å². The van der Waals surface area contributed by atoms with Crippen LogP contribution in [0.15, 0.2) is 4.42 Å². The normalized spacial score (nSPS) is 13.9. The van der Waals surface area contributed by atoms with Crippen LogP contribution >= 0.6 is 0 Å². The molecular weight excluding hydrogens is 280 g/mol. The molecule has 2 heterocycles. The number of nitrogens with zero attached hydrogens (tertiary/aromatic N) is 5. The Hall–Kier alpha value is -2.49. The molecule has 0 saturated heterocycles. The first-order valence-corrected chi connectivity index (χ1v) is 7.61. The molecule has 0 aliphatic heterocycles. The van der Waals surface area contributed by atoms with Crippen LogP contribution in [-0.2, 0) is 19.4 Å². The van der Waals surface area contributed by atoms with Crippen molar-refractivity contribution < 1.29 is 4.42 Å². The Bertz CT molecular complexity index is 713. The number of hydrogen-bond donors (Lipinski definition) is 1. The minimum Gasteiger partial charge on any atom is -0.423 e. The second kappa shape index (κ2) is 6.10. The third kappa shape index (κ3) is 2.77. The van der Waals surface area contributed by atoms with Gasteiger partial charge in [0.05, 0.1) is 12.2 Å². The van der Waals surface area contributed by atoms with E-state index < -0.39 is 0 Å². The third-order valence-electron chi connectivity index (χ3n) is 3.77. The van der Waals surface area contributed by atoms with Gasteiger partial charge in [0.25, 0.3) is 0 Å². The number of nitriles is 1. The van der Waals surface area contributed by atoms with Gasteiger partial charge in [-0.2, -0.15) is 10.4 Å². The highest BCUT2D eigenvalue weighted by atomic mass is 16.4. The van der Waals surface area contributed by atoms with Crippen LogP contribution in [0.1, 0.15) is 61.2 Å². The van der Waals surface area contributed by atoms with Gasteiger partial charge >= 0.3 is 0 Å². The average Bonchev–Trinajstić information content (AvgIpc) is 3.30. The van der Waals surface area contributed by atoms with Crippen molar-refractivity contribution in [3.8, 4) is 6.07 Å². The van der Waals surface area contributed by atoms with Crippen molar-refractivity contribution in [1.82, 2.24) is 20.4 Å². The van der Waals surface area contributed by atoms with Gasteiger partial charge in [0.1, 0.15) is 11.6 Å². The van der Waals surface area contributed by atoms with Crippen molar-refractivity contribution in [2.45, 2.75) is 52.0 Å². The topological polar surface area (TPSA) is 101 Å². The monoisotopic (exact) mass is 298 g/mol. The van der Waals surface area contributed by atoms with E-state index in [1.807, 2.05) is 13.8 Å². The average molecular weight is 298 g/mol. The zero-order valence-electron chi connectivity index (χ0n) is 12.8. The van der Waals surface area contributed by atoms with E-state index in [0.717, 1.165) is 36.9 Å². The molecule has 22 heavy (non-hydrogen) atoms. The van der Waals surface area contributed by atoms with E-state index in [2.05, 4.69) is 31.8 Å². The van der Waals surface area contributed by atoms with E-state index in [1.54, 1.807) is 0 Å². The Balaban J connectivity index is 1.77. The Morgan fingerprint density at radius 2 is 2.00 bits per heavy atom. The number of nitrogens with one attached hydrogen (secondary N) is 1. The number of hydrogen-bond acceptors (Lipinski definition) is 7. The van der Waals surface area contributed by atoms with Crippen LogP contribution in [0.5, 0.6) is 0 Å². The van der Waals surface area contributed by atoms with Crippen LogP contribution in [0, 0.1) is 11.3 Å². The van der Waals surface area contributed by atoms with Gasteiger partial charge in [-0.15, -0.1) is 15.3 Å². The molecule has 7 nitrogen and oxygen atoms in total. The lowest BCUT2D eigenvalue weighted by Gasteiger charge is -2.10. The van der Waals surface area contributed by atoms with E-state index in [9.17, 15) is 5.26 Å². The van der Waals surface area contributed by atoms with Crippen LogP contribution in [0.2, 0.25) is 0 Å². The second-order valence-corrected chi connectivity index (χ2v) is 5.33. The molecule has 1 aliphatic rings. The highest BCUT2D eigenvalue weighted by Crippen LogP contribution is 2.39. The Labute approximate surface area is 128 Å². The molecule has 0 bridgehead atoms. The molecular formula is C15H18N6O. The maximum absolute atomic E-state index is 9.42. The van der Waals surface area contributed by atoms with Gasteiger partial charge in [-0.1, -0.05) is 13.8 Å². The van der Waals surface area contributed by atoms with Gasteiger partial charge < -0.3 is 9.73 Å². The minimum atomic E-state index is 0.345. The molecule has 3 rings (SSSR count). The van der Waals surface area contributed by atoms with Crippen molar-refractivity contribution in [1.29, 1.82) is 5.26 Å². The zero-order valence-corrected chi connectivity index (χ0v) is 12.8. The molecule has 2 aromatic rings. The summed E-state index contributed by atoms with van der Waals surface area (Å²) < 4.78 is 5.59. The van der Waals surface area contributed by atoms with Crippen molar-refractivity contribution >= 4 is 5.82 Å². The predicted octanol–water partition coefficient (Wildman–Crippen LogP) is 2.35. The summed E-state index contributed by atoms with van der Waals surface area (Å²) in [5, 5.41) is 28.9. The Kier molecular flexibility index (Phi) is 4.00. The summed E-state index contributed by atoms with van der Waals surface area (Å²) in [6.07, 6.45) is 3.76. The highest BCUT2D eigenvalue weighted by Gasteiger charge is 2.29. The van der Waals surface area contributed by atoms with Gasteiger partial charge in [0.15, 0.2) is 5.82 Å². The van der Waals surface area contributed by atoms with E-state index in [4.69, 9.17) is 4.42 Å². The number of rotatable bonds is 6. The van der Waals surface area contributed by atoms with Gasteiger partial charge in [-0.25, -0.2) is 0 Å². The standard InChI is InChI=1S/C15H18N6O/c1-3-10-11(7-16)14(20-18-12(10)4-2)17-8-13-19-21-15(22-13)9-5-6-9/h9H,3-6,8H2,1-2H3,(H,17,20). The maximum Gasteiger partial charge on any atom is 0.235 e. The van der Waals surface area contributed by atoms with Crippen molar-refractivity contribution in [2.24, 2.45) is 0 Å². The second-order valence-electron chi connectivity index (χ2n) is 5.33. The van der Waals surface area contributed by atoms with Crippen LogP contribution < -0.4 is 5.32 Å². The molecule has 0 amide bonds. The third-order valence-corrected chi connectivity index (χ3v) is 3.77. The SMILES string of the molecule is CCc1nnc(NCc2nnc(C3CC3)o2)c(C#N)c1CC. The molecule has 1 N–H and O–H groups in total. The molecule has 2 aromatic heterocycles. The Morgan fingerprint density at radius 3 is 2.64 bits per heavy atom. The fourth-order valence-electron chi connectivity index (χ4n) is 2.41. The van der Waals surface area contributed by atoms with Crippen LogP contribution in [-0.4, -0.2) is 20.4 Å². The van der Waals surface area contributed by atoms with Crippen LogP contribution in [0.4, 0.5) is 5.82 Å². The molecule has 1 aliphatic carbocycles. The summed E-state index contributed by atoms with van der Waals surface area (Å²) in [6, 6.07) is 2.23. The summed E-state index contributed by atoms with van der Waals surface area (Å²) in [4.78, 5) is 0.